The van der Waals surface area contributed by atoms with E-state index in [1.807, 2.05) is 6.92 Å². The van der Waals surface area contributed by atoms with Crippen LogP contribution in [0.2, 0.25) is 0 Å². The van der Waals surface area contributed by atoms with E-state index in [0.29, 0.717) is 11.8 Å². The van der Waals surface area contributed by atoms with Crippen LogP contribution in [0.3, 0.4) is 0 Å². The first-order chi connectivity index (χ1) is 8.09. The van der Waals surface area contributed by atoms with Gasteiger partial charge in [0.2, 0.25) is 5.91 Å². The molecule has 0 aromatic carbocycles. The summed E-state index contributed by atoms with van der Waals surface area (Å²) < 4.78 is 5.71. The van der Waals surface area contributed by atoms with Crippen molar-refractivity contribution in [3.8, 4) is 0 Å². The predicted octanol–water partition coefficient (Wildman–Crippen LogP) is 0.772. The van der Waals surface area contributed by atoms with Gasteiger partial charge in [-0.1, -0.05) is 6.92 Å². The first-order valence-electron chi connectivity index (χ1n) is 6.73. The fraction of sp³-hybridized carbons (Fsp3) is 0.923. The Bertz CT molecular complexity index is 277. The molecule has 5 unspecified atom stereocenters. The van der Waals surface area contributed by atoms with Crippen molar-refractivity contribution in [2.24, 2.45) is 17.8 Å². The number of ether oxygens (including phenoxy) is 1. The Morgan fingerprint density at radius 1 is 1.35 bits per heavy atom. The van der Waals surface area contributed by atoms with Crippen LogP contribution in [0, 0.1) is 17.8 Å². The van der Waals surface area contributed by atoms with Crippen molar-refractivity contribution < 1.29 is 9.53 Å². The molecule has 17 heavy (non-hydrogen) atoms. The minimum Gasteiger partial charge on any atom is -0.374 e. The van der Waals surface area contributed by atoms with Crippen LogP contribution >= 0.6 is 0 Å². The van der Waals surface area contributed by atoms with Crippen molar-refractivity contribution in [2.75, 3.05) is 19.6 Å². The van der Waals surface area contributed by atoms with Crippen molar-refractivity contribution >= 4 is 5.91 Å². The topological polar surface area (TPSA) is 50.4 Å². The molecule has 2 saturated heterocycles. The second-order valence-electron chi connectivity index (χ2n) is 5.54. The summed E-state index contributed by atoms with van der Waals surface area (Å²) in [5.74, 6) is 1.09. The van der Waals surface area contributed by atoms with E-state index in [1.165, 1.54) is 6.42 Å². The first-order valence-corrected chi connectivity index (χ1v) is 6.73. The molecule has 2 rings (SSSR count). The molecular weight excluding hydrogens is 216 g/mol. The fourth-order valence-electron chi connectivity index (χ4n) is 2.97. The third kappa shape index (κ3) is 2.80. The Morgan fingerprint density at radius 3 is 2.65 bits per heavy atom. The van der Waals surface area contributed by atoms with Crippen LogP contribution in [-0.2, 0) is 9.53 Å². The molecule has 0 radical (unpaired) electrons. The minimum atomic E-state index is 0.0133. The molecule has 0 bridgehead atoms. The van der Waals surface area contributed by atoms with Crippen molar-refractivity contribution in [3.05, 3.63) is 0 Å². The number of amides is 1. The lowest BCUT2D eigenvalue weighted by molar-refractivity contribution is -0.127. The molecule has 4 heteroatoms. The smallest absolute Gasteiger partial charge is 0.226 e. The zero-order valence-electron chi connectivity index (χ0n) is 11.0. The maximum atomic E-state index is 12.2. The van der Waals surface area contributed by atoms with Crippen LogP contribution in [0.15, 0.2) is 0 Å². The number of hydrogen-bond donors (Lipinski definition) is 2. The summed E-state index contributed by atoms with van der Waals surface area (Å²) in [5.41, 5.74) is 0. The van der Waals surface area contributed by atoms with E-state index in [1.54, 1.807) is 0 Å². The molecule has 1 amide bonds. The second kappa shape index (κ2) is 5.36. The highest BCUT2D eigenvalue weighted by Gasteiger charge is 2.41. The summed E-state index contributed by atoms with van der Waals surface area (Å²) in [4.78, 5) is 12.2. The summed E-state index contributed by atoms with van der Waals surface area (Å²) in [5, 5.41) is 6.40. The van der Waals surface area contributed by atoms with Gasteiger partial charge in [0.1, 0.15) is 0 Å². The minimum absolute atomic E-state index is 0.0133. The van der Waals surface area contributed by atoms with Gasteiger partial charge in [-0.05, 0) is 45.2 Å². The standard InChI is InChI=1S/C13H24N2O2/c1-8-9(2)17-10(3)12(8)13(16)15-7-11-4-5-14-6-11/h8-12,14H,4-7H2,1-3H3,(H,15,16). The second-order valence-corrected chi connectivity index (χ2v) is 5.54. The van der Waals surface area contributed by atoms with E-state index in [4.69, 9.17) is 4.74 Å². The lowest BCUT2D eigenvalue weighted by Crippen LogP contribution is -2.39. The molecule has 2 heterocycles. The molecule has 0 aromatic heterocycles. The molecule has 0 saturated carbocycles. The van der Waals surface area contributed by atoms with Gasteiger partial charge in [0.25, 0.3) is 0 Å². The normalized spacial score (nSPS) is 41.7. The van der Waals surface area contributed by atoms with Crippen LogP contribution in [0.25, 0.3) is 0 Å². The number of hydrogen-bond acceptors (Lipinski definition) is 3. The Kier molecular flexibility index (Phi) is 4.05. The van der Waals surface area contributed by atoms with E-state index in [0.717, 1.165) is 19.6 Å². The maximum absolute atomic E-state index is 12.2. The predicted molar refractivity (Wildman–Crippen MR) is 66.6 cm³/mol. The van der Waals surface area contributed by atoms with Gasteiger partial charge in [-0.2, -0.15) is 0 Å². The van der Waals surface area contributed by atoms with Crippen LogP contribution < -0.4 is 10.6 Å². The van der Waals surface area contributed by atoms with Gasteiger partial charge in [0.05, 0.1) is 18.1 Å². The maximum Gasteiger partial charge on any atom is 0.226 e. The average molecular weight is 240 g/mol. The zero-order chi connectivity index (χ0) is 12.4. The molecular formula is C13H24N2O2. The van der Waals surface area contributed by atoms with Gasteiger partial charge in [0, 0.05) is 6.54 Å². The lowest BCUT2D eigenvalue weighted by Gasteiger charge is -2.19. The van der Waals surface area contributed by atoms with Crippen molar-refractivity contribution in [2.45, 2.75) is 39.4 Å². The SMILES string of the molecule is CC1OC(C)C(C(=O)NCC2CCNC2)C1C. The van der Waals surface area contributed by atoms with E-state index in [-0.39, 0.29) is 24.0 Å². The lowest BCUT2D eigenvalue weighted by atomic mass is 9.88. The van der Waals surface area contributed by atoms with Crippen LogP contribution in [-0.4, -0.2) is 37.7 Å². The Morgan fingerprint density at radius 2 is 2.12 bits per heavy atom. The molecule has 2 N–H and O–H groups in total. The van der Waals surface area contributed by atoms with Gasteiger partial charge in [-0.3, -0.25) is 4.79 Å². The van der Waals surface area contributed by atoms with Crippen LogP contribution in [0.4, 0.5) is 0 Å². The fourth-order valence-corrected chi connectivity index (χ4v) is 2.97. The molecule has 2 aliphatic heterocycles. The summed E-state index contributed by atoms with van der Waals surface area (Å²) in [6.45, 7) is 9.07. The molecule has 98 valence electrons. The van der Waals surface area contributed by atoms with Crippen molar-refractivity contribution in [1.82, 2.24) is 10.6 Å². The van der Waals surface area contributed by atoms with E-state index < -0.39 is 0 Å². The quantitative estimate of drug-likeness (QED) is 0.766. The van der Waals surface area contributed by atoms with E-state index in [9.17, 15) is 4.79 Å². The molecule has 0 aliphatic carbocycles. The molecule has 0 spiro atoms. The van der Waals surface area contributed by atoms with Crippen LogP contribution in [0.5, 0.6) is 0 Å². The van der Waals surface area contributed by atoms with Crippen molar-refractivity contribution in [3.63, 3.8) is 0 Å². The van der Waals surface area contributed by atoms with Gasteiger partial charge in [0.15, 0.2) is 0 Å². The summed E-state index contributed by atoms with van der Waals surface area (Å²) >= 11 is 0. The number of carbonyl (C=O) groups excluding carboxylic acids is 1. The zero-order valence-corrected chi connectivity index (χ0v) is 11.0. The Hall–Kier alpha value is -0.610. The molecule has 5 atom stereocenters. The highest BCUT2D eigenvalue weighted by molar-refractivity contribution is 5.79. The van der Waals surface area contributed by atoms with Gasteiger partial charge < -0.3 is 15.4 Å². The third-order valence-corrected chi connectivity index (χ3v) is 4.27. The average Bonchev–Trinajstić information content (AvgIpc) is 2.86. The third-order valence-electron chi connectivity index (χ3n) is 4.27. The Balaban J connectivity index is 1.82. The summed E-state index contributed by atoms with van der Waals surface area (Å²) in [6.07, 6.45) is 1.40. The molecule has 0 aromatic rings. The van der Waals surface area contributed by atoms with Crippen LogP contribution in [0.1, 0.15) is 27.2 Å². The van der Waals surface area contributed by atoms with E-state index in [2.05, 4.69) is 24.5 Å². The van der Waals surface area contributed by atoms with Gasteiger partial charge in [-0.25, -0.2) is 0 Å². The number of nitrogens with one attached hydrogen (secondary N) is 2. The number of carbonyl (C=O) groups is 1. The highest BCUT2D eigenvalue weighted by atomic mass is 16.5. The number of rotatable bonds is 3. The molecule has 4 nitrogen and oxygen atoms in total. The Labute approximate surface area is 103 Å². The monoisotopic (exact) mass is 240 g/mol. The first kappa shape index (κ1) is 12.8. The highest BCUT2D eigenvalue weighted by Crippen LogP contribution is 2.32. The van der Waals surface area contributed by atoms with Crippen molar-refractivity contribution in [1.29, 1.82) is 0 Å². The molecule has 2 fully saturated rings. The van der Waals surface area contributed by atoms with E-state index >= 15 is 0 Å². The van der Waals surface area contributed by atoms with Gasteiger partial charge in [-0.15, -0.1) is 0 Å². The summed E-state index contributed by atoms with van der Waals surface area (Å²) in [6, 6.07) is 0. The molecule has 2 aliphatic rings. The largest absolute Gasteiger partial charge is 0.374 e. The summed E-state index contributed by atoms with van der Waals surface area (Å²) in [7, 11) is 0. The van der Waals surface area contributed by atoms with Gasteiger partial charge >= 0.3 is 0 Å².